The van der Waals surface area contributed by atoms with Crippen molar-refractivity contribution in [1.29, 1.82) is 0 Å². The zero-order valence-electron chi connectivity index (χ0n) is 16.4. The van der Waals surface area contributed by atoms with Gasteiger partial charge in [-0.05, 0) is 25.3 Å². The average Bonchev–Trinajstić information content (AvgIpc) is 3.19. The number of aryl methyl sites for hydroxylation is 1. The van der Waals surface area contributed by atoms with Crippen molar-refractivity contribution >= 4 is 17.3 Å². The van der Waals surface area contributed by atoms with Crippen molar-refractivity contribution in [3.8, 4) is 0 Å². The maximum absolute atomic E-state index is 12.7. The van der Waals surface area contributed by atoms with E-state index >= 15 is 0 Å². The molecule has 2 atom stereocenters. The maximum Gasteiger partial charge on any atom is 0.434 e. The van der Waals surface area contributed by atoms with E-state index in [1.165, 1.54) is 5.56 Å². The molecule has 0 amide bonds. The number of hydrogen-bond acceptors (Lipinski definition) is 4. The summed E-state index contributed by atoms with van der Waals surface area (Å²) in [6.07, 6.45) is -2.37. The second-order valence-electron chi connectivity index (χ2n) is 7.04. The van der Waals surface area contributed by atoms with Crippen LogP contribution in [0.25, 0.3) is 0 Å². The van der Waals surface area contributed by atoms with Crippen molar-refractivity contribution in [1.82, 2.24) is 15.6 Å². The van der Waals surface area contributed by atoms with Gasteiger partial charge in [0.15, 0.2) is 11.7 Å². The number of aromatic nitrogens is 1. The van der Waals surface area contributed by atoms with Gasteiger partial charge in [-0.1, -0.05) is 29.8 Å². The smallest absolute Gasteiger partial charge is 0.373 e. The topological polar surface area (TPSA) is 58.5 Å². The number of nitrogens with zero attached hydrogens (tertiary/aromatic N) is 2. The molecule has 1 saturated heterocycles. The summed E-state index contributed by atoms with van der Waals surface area (Å²) in [6, 6.07) is 8.38. The molecule has 0 aliphatic carbocycles. The molecule has 0 bridgehead atoms. The quantitative estimate of drug-likeness (QED) is 0.553. The van der Waals surface area contributed by atoms with E-state index in [2.05, 4.69) is 51.8 Å². The molecule has 9 heteroatoms. The molecule has 1 aromatic carbocycles. The van der Waals surface area contributed by atoms with E-state index in [4.69, 9.17) is 4.74 Å². The molecule has 29 heavy (non-hydrogen) atoms. The zero-order chi connectivity index (χ0) is 20.9. The number of rotatable bonds is 5. The van der Waals surface area contributed by atoms with Crippen LogP contribution in [0.2, 0.25) is 0 Å². The molecular weight excluding hydrogens is 401 g/mol. The number of guanidine groups is 1. The van der Waals surface area contributed by atoms with Gasteiger partial charge >= 0.3 is 6.18 Å². The number of hydrogen-bond donors (Lipinski definition) is 2. The molecule has 2 aromatic rings. The van der Waals surface area contributed by atoms with E-state index in [0.29, 0.717) is 17.5 Å². The van der Waals surface area contributed by atoms with Crippen molar-refractivity contribution in [2.45, 2.75) is 38.6 Å². The van der Waals surface area contributed by atoms with Crippen LogP contribution in [-0.4, -0.2) is 31.1 Å². The van der Waals surface area contributed by atoms with Crippen LogP contribution in [0.4, 0.5) is 13.2 Å². The van der Waals surface area contributed by atoms with Crippen LogP contribution in [0.15, 0.2) is 34.6 Å². The standard InChI is InChI=1S/C20H25F3N4OS/c1-13-5-7-14(8-6-13)18-15(4-3-9-28-18)10-25-19(24-2)26-11-17-27-16(12-29-17)20(21,22)23/h5-8,12,15,18H,3-4,9-11H2,1-2H3,(H2,24,25,26). The second-order valence-corrected chi connectivity index (χ2v) is 7.98. The molecule has 3 rings (SSSR count). The minimum absolute atomic E-state index is 0.0169. The van der Waals surface area contributed by atoms with Crippen LogP contribution >= 0.6 is 11.3 Å². The summed E-state index contributed by atoms with van der Waals surface area (Å²) in [5, 5.41) is 7.69. The SMILES string of the molecule is CN=C(NCc1nc(C(F)(F)F)cs1)NCC1CCCOC1c1ccc(C)cc1. The van der Waals surface area contributed by atoms with Crippen LogP contribution in [0.3, 0.4) is 0 Å². The minimum atomic E-state index is -4.42. The summed E-state index contributed by atoms with van der Waals surface area (Å²) in [4.78, 5) is 7.79. The second kappa shape index (κ2) is 9.58. The number of nitrogens with one attached hydrogen (secondary N) is 2. The molecule has 0 saturated carbocycles. The molecular formula is C20H25F3N4OS. The van der Waals surface area contributed by atoms with Gasteiger partial charge in [-0.3, -0.25) is 4.99 Å². The Bertz CT molecular complexity index is 820. The summed E-state index contributed by atoms with van der Waals surface area (Å²) in [6.45, 7) is 3.64. The lowest BCUT2D eigenvalue weighted by atomic mass is 9.89. The van der Waals surface area contributed by atoms with Crippen molar-refractivity contribution in [2.75, 3.05) is 20.2 Å². The normalized spacial score (nSPS) is 20.5. The van der Waals surface area contributed by atoms with Crippen LogP contribution in [0.5, 0.6) is 0 Å². The molecule has 2 heterocycles. The van der Waals surface area contributed by atoms with Crippen LogP contribution in [-0.2, 0) is 17.5 Å². The fourth-order valence-corrected chi connectivity index (χ4v) is 4.05. The van der Waals surface area contributed by atoms with Gasteiger partial charge in [-0.2, -0.15) is 13.2 Å². The predicted octanol–water partition coefficient (Wildman–Crippen LogP) is 4.30. The molecule has 0 radical (unpaired) electrons. The number of halogens is 3. The molecule has 158 valence electrons. The summed E-state index contributed by atoms with van der Waals surface area (Å²) < 4.78 is 44.0. The van der Waals surface area contributed by atoms with Gasteiger partial charge < -0.3 is 15.4 Å². The largest absolute Gasteiger partial charge is 0.434 e. The van der Waals surface area contributed by atoms with Crippen LogP contribution in [0.1, 0.15) is 40.8 Å². The lowest BCUT2D eigenvalue weighted by molar-refractivity contribution is -0.140. The highest BCUT2D eigenvalue weighted by atomic mass is 32.1. The molecule has 0 spiro atoms. The third kappa shape index (κ3) is 5.93. The van der Waals surface area contributed by atoms with Crippen molar-refractivity contribution < 1.29 is 17.9 Å². The number of ether oxygens (including phenoxy) is 1. The highest BCUT2D eigenvalue weighted by molar-refractivity contribution is 7.09. The number of alkyl halides is 3. The van der Waals surface area contributed by atoms with Crippen LogP contribution in [0, 0.1) is 12.8 Å². The van der Waals surface area contributed by atoms with Gasteiger partial charge in [0.2, 0.25) is 0 Å². The number of aliphatic imine (C=N–C) groups is 1. The Morgan fingerprint density at radius 3 is 2.69 bits per heavy atom. The number of benzene rings is 1. The van der Waals surface area contributed by atoms with Crippen molar-refractivity contribution in [2.24, 2.45) is 10.9 Å². The third-order valence-corrected chi connectivity index (χ3v) is 5.70. The van der Waals surface area contributed by atoms with Gasteiger partial charge in [0.1, 0.15) is 5.01 Å². The summed E-state index contributed by atoms with van der Waals surface area (Å²) >= 11 is 0.977. The van der Waals surface area contributed by atoms with Crippen molar-refractivity contribution in [3.63, 3.8) is 0 Å². The van der Waals surface area contributed by atoms with Gasteiger partial charge in [-0.25, -0.2) is 4.98 Å². The maximum atomic E-state index is 12.7. The minimum Gasteiger partial charge on any atom is -0.373 e. The van der Waals surface area contributed by atoms with Crippen LogP contribution < -0.4 is 10.6 Å². The van der Waals surface area contributed by atoms with E-state index in [1.807, 2.05) is 0 Å². The lowest BCUT2D eigenvalue weighted by Gasteiger charge is -2.32. The summed E-state index contributed by atoms with van der Waals surface area (Å²) in [7, 11) is 1.63. The highest BCUT2D eigenvalue weighted by Crippen LogP contribution is 2.33. The number of thiazole rings is 1. The molecule has 2 N–H and O–H groups in total. The first kappa shape index (κ1) is 21.6. The van der Waals surface area contributed by atoms with Gasteiger partial charge in [0.05, 0.1) is 12.6 Å². The van der Waals surface area contributed by atoms with E-state index < -0.39 is 11.9 Å². The Hall–Kier alpha value is -2.13. The molecule has 1 aliphatic heterocycles. The molecule has 5 nitrogen and oxygen atoms in total. The average molecular weight is 427 g/mol. The Morgan fingerprint density at radius 2 is 2.03 bits per heavy atom. The first-order chi connectivity index (χ1) is 13.9. The lowest BCUT2D eigenvalue weighted by Crippen LogP contribution is -2.41. The predicted molar refractivity (Wildman–Crippen MR) is 108 cm³/mol. The Labute approximate surface area is 172 Å². The molecule has 2 unspecified atom stereocenters. The Kier molecular flexibility index (Phi) is 7.13. The monoisotopic (exact) mass is 426 g/mol. The Morgan fingerprint density at radius 1 is 1.28 bits per heavy atom. The van der Waals surface area contributed by atoms with Gasteiger partial charge in [-0.15, -0.1) is 11.3 Å². The van der Waals surface area contributed by atoms with Gasteiger partial charge in [0.25, 0.3) is 0 Å². The fraction of sp³-hybridized carbons (Fsp3) is 0.500. The Balaban J connectivity index is 1.55. The van der Waals surface area contributed by atoms with E-state index in [-0.39, 0.29) is 18.6 Å². The summed E-state index contributed by atoms with van der Waals surface area (Å²) in [5.74, 6) is 0.809. The first-order valence-corrected chi connectivity index (χ1v) is 10.4. The van der Waals surface area contributed by atoms with E-state index in [0.717, 1.165) is 41.7 Å². The zero-order valence-corrected chi connectivity index (χ0v) is 17.2. The van der Waals surface area contributed by atoms with E-state index in [9.17, 15) is 13.2 Å². The third-order valence-electron chi connectivity index (χ3n) is 4.86. The first-order valence-electron chi connectivity index (χ1n) is 9.51. The van der Waals surface area contributed by atoms with Gasteiger partial charge in [0, 0.05) is 31.5 Å². The highest BCUT2D eigenvalue weighted by Gasteiger charge is 2.33. The summed E-state index contributed by atoms with van der Waals surface area (Å²) in [5.41, 5.74) is 1.51. The fourth-order valence-electron chi connectivity index (χ4n) is 3.31. The molecule has 1 aliphatic rings. The van der Waals surface area contributed by atoms with Crippen molar-refractivity contribution in [3.05, 3.63) is 51.5 Å². The molecule has 1 fully saturated rings. The van der Waals surface area contributed by atoms with E-state index in [1.54, 1.807) is 7.05 Å². The molecule has 1 aromatic heterocycles.